The quantitative estimate of drug-likeness (QED) is 0.229. The molecule has 8 aromatic rings. The maximum Gasteiger partial charge on any atom is 0.0543 e. The van der Waals surface area contributed by atoms with E-state index in [2.05, 4.69) is 155 Å². The molecule has 39 heavy (non-hydrogen) atoms. The summed E-state index contributed by atoms with van der Waals surface area (Å²) in [4.78, 5) is 0. The number of nitrogens with zero attached hydrogens (tertiary/aromatic N) is 2. The van der Waals surface area contributed by atoms with Gasteiger partial charge in [-0.05, 0) is 66.1 Å². The molecule has 0 spiro atoms. The minimum Gasteiger partial charge on any atom is -0.309 e. The van der Waals surface area contributed by atoms with E-state index in [1.807, 2.05) is 0 Å². The van der Waals surface area contributed by atoms with Crippen molar-refractivity contribution in [3.8, 4) is 11.4 Å². The molecule has 0 aliphatic heterocycles. The molecule has 0 unspecified atom stereocenters. The molecule has 0 bridgehead atoms. The third-order valence-corrected chi connectivity index (χ3v) is 7.91. The molecule has 0 radical (unpaired) electrons. The minimum atomic E-state index is 0.874. The zero-order chi connectivity index (χ0) is 25.8. The lowest BCUT2D eigenvalue weighted by atomic mass is 10.0. The Labute approximate surface area is 227 Å². The van der Waals surface area contributed by atoms with E-state index in [0.29, 0.717) is 0 Å². The minimum absolute atomic E-state index is 0.874. The summed E-state index contributed by atoms with van der Waals surface area (Å²) in [5, 5.41) is 5.16. The van der Waals surface area contributed by atoms with Crippen molar-refractivity contribution in [3.63, 3.8) is 0 Å². The number of rotatable bonds is 4. The molecule has 0 N–H and O–H groups in total. The molecular weight excluding hydrogens is 472 g/mol. The molecule has 0 aliphatic rings. The average molecular weight is 499 g/mol. The van der Waals surface area contributed by atoms with Gasteiger partial charge in [-0.15, -0.1) is 0 Å². The van der Waals surface area contributed by atoms with Gasteiger partial charge in [0, 0.05) is 32.9 Å². The molecule has 184 valence electrons. The Balaban J connectivity index is 1.29. The Morgan fingerprint density at radius 3 is 1.18 bits per heavy atom. The van der Waals surface area contributed by atoms with Crippen LogP contribution in [0.1, 0.15) is 11.1 Å². The molecular formula is C37H26N2. The average Bonchev–Trinajstić information content (AvgIpc) is 3.50. The highest BCUT2D eigenvalue weighted by Gasteiger charge is 2.15. The first kappa shape index (κ1) is 22.0. The standard InChI is InChI=1S/C37H26N2/c1-3-11-28(12-4-1)38-34-17-9-7-15-30(34)32-21-19-26(24-36(32)38)23-27-20-22-33-31-16-8-10-18-35(31)39(37(33)25-27)29-13-5-2-6-14-29/h1-22,24-25H,23H2. The Bertz CT molecular complexity index is 1970. The molecule has 2 heteroatoms. The van der Waals surface area contributed by atoms with Crippen molar-refractivity contribution in [1.82, 2.24) is 9.13 Å². The van der Waals surface area contributed by atoms with Crippen LogP contribution in [0.4, 0.5) is 0 Å². The lowest BCUT2D eigenvalue weighted by Crippen LogP contribution is -1.96. The molecule has 0 saturated heterocycles. The van der Waals surface area contributed by atoms with Gasteiger partial charge in [-0.25, -0.2) is 0 Å². The predicted molar refractivity (Wildman–Crippen MR) is 164 cm³/mol. The van der Waals surface area contributed by atoms with Gasteiger partial charge < -0.3 is 9.13 Å². The van der Waals surface area contributed by atoms with Crippen LogP contribution in [-0.2, 0) is 6.42 Å². The largest absolute Gasteiger partial charge is 0.309 e. The first-order valence-corrected chi connectivity index (χ1v) is 13.5. The Kier molecular flexibility index (Phi) is 4.92. The number of hydrogen-bond acceptors (Lipinski definition) is 0. The topological polar surface area (TPSA) is 9.86 Å². The molecule has 0 aliphatic carbocycles. The highest BCUT2D eigenvalue weighted by Crippen LogP contribution is 2.35. The summed E-state index contributed by atoms with van der Waals surface area (Å²) >= 11 is 0. The van der Waals surface area contributed by atoms with Crippen LogP contribution >= 0.6 is 0 Å². The normalized spacial score (nSPS) is 11.7. The first-order valence-electron chi connectivity index (χ1n) is 13.5. The fourth-order valence-corrected chi connectivity index (χ4v) is 6.20. The van der Waals surface area contributed by atoms with Crippen LogP contribution in [0, 0.1) is 0 Å². The second-order valence-corrected chi connectivity index (χ2v) is 10.3. The molecule has 0 amide bonds. The van der Waals surface area contributed by atoms with Gasteiger partial charge in [0.1, 0.15) is 0 Å². The van der Waals surface area contributed by atoms with Gasteiger partial charge in [0.25, 0.3) is 0 Å². The summed E-state index contributed by atoms with van der Waals surface area (Å²) in [5.41, 5.74) is 9.98. The molecule has 2 heterocycles. The Morgan fingerprint density at radius 1 is 0.333 bits per heavy atom. The van der Waals surface area contributed by atoms with Crippen molar-refractivity contribution in [1.29, 1.82) is 0 Å². The van der Waals surface area contributed by atoms with Crippen molar-refractivity contribution < 1.29 is 0 Å². The van der Waals surface area contributed by atoms with Gasteiger partial charge in [-0.1, -0.05) is 97.1 Å². The van der Waals surface area contributed by atoms with Crippen molar-refractivity contribution in [2.75, 3.05) is 0 Å². The molecule has 0 fully saturated rings. The summed E-state index contributed by atoms with van der Waals surface area (Å²) in [5.74, 6) is 0. The van der Waals surface area contributed by atoms with Gasteiger partial charge in [0.15, 0.2) is 0 Å². The molecule has 8 rings (SSSR count). The maximum absolute atomic E-state index is 2.39. The van der Waals surface area contributed by atoms with Gasteiger partial charge >= 0.3 is 0 Å². The number of aromatic nitrogens is 2. The number of hydrogen-bond donors (Lipinski definition) is 0. The van der Waals surface area contributed by atoms with E-state index in [9.17, 15) is 0 Å². The van der Waals surface area contributed by atoms with Crippen LogP contribution in [0.2, 0.25) is 0 Å². The molecule has 0 atom stereocenters. The van der Waals surface area contributed by atoms with E-state index in [1.54, 1.807) is 0 Å². The van der Waals surface area contributed by atoms with Crippen molar-refractivity contribution in [3.05, 3.63) is 157 Å². The number of fused-ring (bicyclic) bond motifs is 6. The molecule has 6 aromatic carbocycles. The SMILES string of the molecule is c1ccc(-n2c3ccccc3c3ccc(Cc4ccc5c6ccccc6n(-c6ccccc6)c5c4)cc32)cc1. The second-order valence-electron chi connectivity index (χ2n) is 10.3. The van der Waals surface area contributed by atoms with Crippen LogP contribution in [0.15, 0.2) is 146 Å². The predicted octanol–water partition coefficient (Wildman–Crippen LogP) is 9.47. The van der Waals surface area contributed by atoms with Crippen molar-refractivity contribution in [2.45, 2.75) is 6.42 Å². The third-order valence-electron chi connectivity index (χ3n) is 7.91. The Morgan fingerprint density at radius 2 is 0.718 bits per heavy atom. The van der Waals surface area contributed by atoms with E-state index in [4.69, 9.17) is 0 Å². The summed E-state index contributed by atoms with van der Waals surface area (Å²) in [7, 11) is 0. The Hall–Kier alpha value is -5.08. The summed E-state index contributed by atoms with van der Waals surface area (Å²) in [6.45, 7) is 0. The van der Waals surface area contributed by atoms with Gasteiger partial charge in [0.2, 0.25) is 0 Å². The third kappa shape index (κ3) is 3.49. The van der Waals surface area contributed by atoms with E-state index >= 15 is 0 Å². The monoisotopic (exact) mass is 498 g/mol. The van der Waals surface area contributed by atoms with Crippen LogP contribution < -0.4 is 0 Å². The van der Waals surface area contributed by atoms with E-state index in [0.717, 1.165) is 6.42 Å². The smallest absolute Gasteiger partial charge is 0.0543 e. The van der Waals surface area contributed by atoms with E-state index in [-0.39, 0.29) is 0 Å². The number of benzene rings is 6. The molecule has 0 saturated carbocycles. The summed E-state index contributed by atoms with van der Waals surface area (Å²) < 4.78 is 4.79. The van der Waals surface area contributed by atoms with Crippen molar-refractivity contribution >= 4 is 43.6 Å². The van der Waals surface area contributed by atoms with Gasteiger partial charge in [0.05, 0.1) is 22.1 Å². The second kappa shape index (κ2) is 8.75. The highest BCUT2D eigenvalue weighted by molar-refractivity contribution is 6.10. The van der Waals surface area contributed by atoms with Gasteiger partial charge in [-0.3, -0.25) is 0 Å². The van der Waals surface area contributed by atoms with Crippen LogP contribution in [0.3, 0.4) is 0 Å². The fourth-order valence-electron chi connectivity index (χ4n) is 6.20. The summed E-state index contributed by atoms with van der Waals surface area (Å²) in [6, 6.07) is 52.7. The number of para-hydroxylation sites is 4. The van der Waals surface area contributed by atoms with Crippen molar-refractivity contribution in [2.24, 2.45) is 0 Å². The zero-order valence-corrected chi connectivity index (χ0v) is 21.5. The van der Waals surface area contributed by atoms with Crippen LogP contribution in [-0.4, -0.2) is 9.13 Å². The van der Waals surface area contributed by atoms with Crippen LogP contribution in [0.25, 0.3) is 55.0 Å². The molecule has 2 aromatic heterocycles. The lowest BCUT2D eigenvalue weighted by molar-refractivity contribution is 1.15. The molecule has 2 nitrogen and oxygen atoms in total. The van der Waals surface area contributed by atoms with Gasteiger partial charge in [-0.2, -0.15) is 0 Å². The lowest BCUT2D eigenvalue weighted by Gasteiger charge is -2.10. The first-order chi connectivity index (χ1) is 19.3. The van der Waals surface area contributed by atoms with E-state index < -0.39 is 0 Å². The fraction of sp³-hybridized carbons (Fsp3) is 0.0270. The van der Waals surface area contributed by atoms with Crippen LogP contribution in [0.5, 0.6) is 0 Å². The van der Waals surface area contributed by atoms with E-state index in [1.165, 1.54) is 66.1 Å². The highest BCUT2D eigenvalue weighted by atomic mass is 15.0. The zero-order valence-electron chi connectivity index (χ0n) is 21.5. The summed E-state index contributed by atoms with van der Waals surface area (Å²) in [6.07, 6.45) is 0.874. The maximum atomic E-state index is 2.39.